The molecule has 1 amide bonds. The molecule has 0 saturated heterocycles. The van der Waals surface area contributed by atoms with Crippen LogP contribution < -0.4 is 10.9 Å². The van der Waals surface area contributed by atoms with Crippen molar-refractivity contribution in [2.24, 2.45) is 0 Å². The molecule has 1 atom stereocenters. The molecule has 0 spiro atoms. The fourth-order valence-electron chi connectivity index (χ4n) is 3.57. The molecule has 0 aliphatic carbocycles. The summed E-state index contributed by atoms with van der Waals surface area (Å²) < 4.78 is 3.31. The van der Waals surface area contributed by atoms with Crippen LogP contribution in [-0.2, 0) is 11.3 Å². The van der Waals surface area contributed by atoms with Crippen molar-refractivity contribution in [3.8, 4) is 0 Å². The maximum absolute atomic E-state index is 13.3. The van der Waals surface area contributed by atoms with Gasteiger partial charge in [-0.1, -0.05) is 55.0 Å². The minimum Gasteiger partial charge on any atom is -0.350 e. The predicted octanol–water partition coefficient (Wildman–Crippen LogP) is 4.50. The zero-order valence-electron chi connectivity index (χ0n) is 16.7. The number of nitrogens with one attached hydrogen (secondary N) is 1. The molecule has 0 aliphatic heterocycles. The van der Waals surface area contributed by atoms with E-state index in [1.807, 2.05) is 69.3 Å². The van der Waals surface area contributed by atoms with Gasteiger partial charge in [-0.15, -0.1) is 11.3 Å². The zero-order valence-corrected chi connectivity index (χ0v) is 17.5. The molecule has 0 aliphatic rings. The van der Waals surface area contributed by atoms with Gasteiger partial charge in [-0.3, -0.25) is 9.59 Å². The SMILES string of the molecule is CC[C@@H](C(=O)NCc1ccc(C)cc1)n1nc(C)c2sc3ccccc3c2c1=O. The largest absolute Gasteiger partial charge is 0.350 e. The van der Waals surface area contributed by atoms with Gasteiger partial charge in [0.1, 0.15) is 6.04 Å². The predicted molar refractivity (Wildman–Crippen MR) is 118 cm³/mol. The molecule has 5 nitrogen and oxygen atoms in total. The summed E-state index contributed by atoms with van der Waals surface area (Å²) in [5, 5.41) is 9.04. The first-order chi connectivity index (χ1) is 14.0. The molecule has 2 aromatic carbocycles. The number of nitrogens with zero attached hydrogens (tertiary/aromatic N) is 2. The van der Waals surface area contributed by atoms with Crippen LogP contribution in [0.5, 0.6) is 0 Å². The van der Waals surface area contributed by atoms with Gasteiger partial charge < -0.3 is 5.32 Å². The van der Waals surface area contributed by atoms with Gasteiger partial charge in [0.05, 0.1) is 15.8 Å². The highest BCUT2D eigenvalue weighted by Crippen LogP contribution is 2.33. The molecular weight excluding hydrogens is 382 g/mol. The smallest absolute Gasteiger partial charge is 0.276 e. The Morgan fingerprint density at radius 3 is 2.59 bits per heavy atom. The second-order valence-corrected chi connectivity index (χ2v) is 8.32. The third-order valence-corrected chi connectivity index (χ3v) is 6.46. The molecule has 0 bridgehead atoms. The maximum atomic E-state index is 13.3. The van der Waals surface area contributed by atoms with Gasteiger partial charge in [-0.25, -0.2) is 4.68 Å². The van der Waals surface area contributed by atoms with E-state index >= 15 is 0 Å². The average Bonchev–Trinajstić information content (AvgIpc) is 3.12. The van der Waals surface area contributed by atoms with E-state index in [4.69, 9.17) is 0 Å². The topological polar surface area (TPSA) is 64.0 Å². The van der Waals surface area contributed by atoms with Crippen LogP contribution in [-0.4, -0.2) is 15.7 Å². The Balaban J connectivity index is 1.70. The number of fused-ring (bicyclic) bond motifs is 3. The van der Waals surface area contributed by atoms with E-state index in [0.29, 0.717) is 18.4 Å². The lowest BCUT2D eigenvalue weighted by Crippen LogP contribution is -2.38. The van der Waals surface area contributed by atoms with Crippen molar-refractivity contribution in [1.82, 2.24) is 15.1 Å². The summed E-state index contributed by atoms with van der Waals surface area (Å²) in [7, 11) is 0. The van der Waals surface area contributed by atoms with Crippen molar-refractivity contribution in [3.63, 3.8) is 0 Å². The number of carbonyl (C=O) groups excluding carboxylic acids is 1. The van der Waals surface area contributed by atoms with Gasteiger partial charge in [0.15, 0.2) is 0 Å². The Morgan fingerprint density at radius 2 is 1.86 bits per heavy atom. The zero-order chi connectivity index (χ0) is 20.5. The molecule has 0 unspecified atom stereocenters. The first-order valence-electron chi connectivity index (χ1n) is 9.73. The molecule has 2 aromatic heterocycles. The highest BCUT2D eigenvalue weighted by atomic mass is 32.1. The van der Waals surface area contributed by atoms with E-state index in [1.54, 1.807) is 11.3 Å². The van der Waals surface area contributed by atoms with Gasteiger partial charge in [-0.2, -0.15) is 5.10 Å². The van der Waals surface area contributed by atoms with Crippen molar-refractivity contribution in [2.45, 2.75) is 39.8 Å². The van der Waals surface area contributed by atoms with E-state index in [2.05, 4.69) is 10.4 Å². The standard InChI is InChI=1S/C23H23N3O2S/c1-4-18(22(27)24-13-16-11-9-14(2)10-12-16)26-23(28)20-17-7-5-6-8-19(17)29-21(20)15(3)25-26/h5-12,18H,4,13H2,1-3H3,(H,24,27)/t18-/m0/s1. The summed E-state index contributed by atoms with van der Waals surface area (Å²) in [6.07, 6.45) is 0.486. The maximum Gasteiger partial charge on any atom is 0.276 e. The number of hydrogen-bond donors (Lipinski definition) is 1. The van der Waals surface area contributed by atoms with Crippen LogP contribution >= 0.6 is 11.3 Å². The van der Waals surface area contributed by atoms with Gasteiger partial charge in [-0.05, 0) is 31.9 Å². The number of carbonyl (C=O) groups is 1. The Kier molecular flexibility index (Phi) is 5.20. The summed E-state index contributed by atoms with van der Waals surface area (Å²) in [6, 6.07) is 15.2. The van der Waals surface area contributed by atoms with Crippen molar-refractivity contribution in [1.29, 1.82) is 0 Å². The lowest BCUT2D eigenvalue weighted by Gasteiger charge is -2.17. The molecule has 0 fully saturated rings. The molecule has 148 valence electrons. The highest BCUT2D eigenvalue weighted by molar-refractivity contribution is 7.26. The summed E-state index contributed by atoms with van der Waals surface area (Å²) in [5.74, 6) is -0.194. The minimum absolute atomic E-state index is 0.194. The summed E-state index contributed by atoms with van der Waals surface area (Å²) in [4.78, 5) is 26.2. The van der Waals surface area contributed by atoms with Crippen LogP contribution in [0.4, 0.5) is 0 Å². The van der Waals surface area contributed by atoms with E-state index in [-0.39, 0.29) is 11.5 Å². The number of hydrogen-bond acceptors (Lipinski definition) is 4. The molecule has 4 rings (SSSR count). The van der Waals surface area contributed by atoms with Crippen LogP contribution in [0.25, 0.3) is 20.2 Å². The molecule has 4 aromatic rings. The molecule has 0 saturated carbocycles. The van der Waals surface area contributed by atoms with Crippen LogP contribution in [0.2, 0.25) is 0 Å². The highest BCUT2D eigenvalue weighted by Gasteiger charge is 2.24. The first-order valence-corrected chi connectivity index (χ1v) is 10.5. The van der Waals surface area contributed by atoms with Gasteiger partial charge in [0.25, 0.3) is 5.56 Å². The number of amides is 1. The normalized spacial score (nSPS) is 12.4. The summed E-state index contributed by atoms with van der Waals surface area (Å²) >= 11 is 1.57. The average molecular weight is 406 g/mol. The van der Waals surface area contributed by atoms with Crippen molar-refractivity contribution >= 4 is 37.4 Å². The lowest BCUT2D eigenvalue weighted by molar-refractivity contribution is -0.125. The number of thiophene rings is 1. The van der Waals surface area contributed by atoms with Gasteiger partial charge >= 0.3 is 0 Å². The number of rotatable bonds is 5. The third-order valence-electron chi connectivity index (χ3n) is 5.18. The van der Waals surface area contributed by atoms with Crippen molar-refractivity contribution in [2.75, 3.05) is 0 Å². The Hall–Kier alpha value is -2.99. The van der Waals surface area contributed by atoms with E-state index in [0.717, 1.165) is 26.0 Å². The van der Waals surface area contributed by atoms with Crippen LogP contribution in [0.1, 0.15) is 36.2 Å². The molecule has 0 radical (unpaired) electrons. The molecule has 1 N–H and O–H groups in total. The molecule has 6 heteroatoms. The quantitative estimate of drug-likeness (QED) is 0.532. The van der Waals surface area contributed by atoms with Crippen LogP contribution in [0, 0.1) is 13.8 Å². The van der Waals surface area contributed by atoms with Gasteiger partial charge in [0, 0.05) is 16.6 Å². The second-order valence-electron chi connectivity index (χ2n) is 7.26. The fourth-order valence-corrected chi connectivity index (χ4v) is 4.71. The molecular formula is C23H23N3O2S. The Labute approximate surface area is 173 Å². The van der Waals surface area contributed by atoms with E-state index in [1.165, 1.54) is 10.2 Å². The van der Waals surface area contributed by atoms with Crippen molar-refractivity contribution in [3.05, 3.63) is 75.7 Å². The lowest BCUT2D eigenvalue weighted by atomic mass is 10.1. The number of benzene rings is 2. The Bertz CT molecular complexity index is 1260. The monoisotopic (exact) mass is 405 g/mol. The van der Waals surface area contributed by atoms with Crippen molar-refractivity contribution < 1.29 is 4.79 Å². The third kappa shape index (κ3) is 3.56. The summed E-state index contributed by atoms with van der Waals surface area (Å²) in [5.41, 5.74) is 2.76. The minimum atomic E-state index is -0.644. The van der Waals surface area contributed by atoms with E-state index in [9.17, 15) is 9.59 Å². The molecule has 2 heterocycles. The van der Waals surface area contributed by atoms with Gasteiger partial charge in [0.2, 0.25) is 5.91 Å². The first kappa shape index (κ1) is 19.3. The Morgan fingerprint density at radius 1 is 1.14 bits per heavy atom. The van der Waals surface area contributed by atoms with Crippen LogP contribution in [0.15, 0.2) is 53.3 Å². The molecule has 29 heavy (non-hydrogen) atoms. The number of aromatic nitrogens is 2. The number of aryl methyl sites for hydroxylation is 2. The van der Waals surface area contributed by atoms with E-state index < -0.39 is 6.04 Å². The summed E-state index contributed by atoms with van der Waals surface area (Å²) in [6.45, 7) is 6.24. The fraction of sp³-hybridized carbons (Fsp3) is 0.261. The van der Waals surface area contributed by atoms with Crippen LogP contribution in [0.3, 0.4) is 0 Å². The second kappa shape index (κ2) is 7.79.